The highest BCUT2D eigenvalue weighted by atomic mass is 16.5. The standard InChI is InChI=1S/C15H28N6O2/c1-3-23-10-4-7-16-15(22)12-21-14(17-18-19-21)11-20-8-5-13(2)6-9-20/h13H,3-12H2,1-2H3,(H,16,22). The number of amides is 1. The van der Waals surface area contributed by atoms with Crippen molar-refractivity contribution in [3.05, 3.63) is 5.82 Å². The van der Waals surface area contributed by atoms with Crippen molar-refractivity contribution in [2.45, 2.75) is 46.2 Å². The third-order valence-corrected chi connectivity index (χ3v) is 4.13. The number of carbonyl (C=O) groups excluding carboxylic acids is 1. The molecule has 1 aromatic rings. The van der Waals surface area contributed by atoms with E-state index in [0.29, 0.717) is 26.3 Å². The molecule has 8 nitrogen and oxygen atoms in total. The molecular formula is C15H28N6O2. The van der Waals surface area contributed by atoms with Crippen molar-refractivity contribution >= 4 is 5.91 Å². The van der Waals surface area contributed by atoms with E-state index in [4.69, 9.17) is 4.74 Å². The van der Waals surface area contributed by atoms with Crippen LogP contribution in [-0.4, -0.2) is 63.9 Å². The highest BCUT2D eigenvalue weighted by Gasteiger charge is 2.19. The lowest BCUT2D eigenvalue weighted by molar-refractivity contribution is -0.121. The Kier molecular flexibility index (Phi) is 7.41. The molecule has 1 amide bonds. The van der Waals surface area contributed by atoms with Crippen molar-refractivity contribution in [1.29, 1.82) is 0 Å². The minimum atomic E-state index is -0.0673. The van der Waals surface area contributed by atoms with Crippen LogP contribution in [0.15, 0.2) is 0 Å². The van der Waals surface area contributed by atoms with Gasteiger partial charge < -0.3 is 10.1 Å². The van der Waals surface area contributed by atoms with Crippen LogP contribution in [-0.2, 0) is 22.6 Å². The Hall–Kier alpha value is -1.54. The Morgan fingerprint density at radius 3 is 2.91 bits per heavy atom. The number of hydrogen-bond donors (Lipinski definition) is 1. The van der Waals surface area contributed by atoms with E-state index in [1.165, 1.54) is 12.8 Å². The second-order valence-corrected chi connectivity index (χ2v) is 6.11. The number of piperidine rings is 1. The smallest absolute Gasteiger partial charge is 0.241 e. The van der Waals surface area contributed by atoms with E-state index in [9.17, 15) is 4.79 Å². The van der Waals surface area contributed by atoms with Gasteiger partial charge in [0.25, 0.3) is 0 Å². The van der Waals surface area contributed by atoms with Crippen molar-refractivity contribution in [3.63, 3.8) is 0 Å². The Bertz CT molecular complexity index is 470. The summed E-state index contributed by atoms with van der Waals surface area (Å²) in [7, 11) is 0. The number of nitrogens with zero attached hydrogens (tertiary/aromatic N) is 5. The van der Waals surface area contributed by atoms with E-state index in [0.717, 1.165) is 31.3 Å². The Balaban J connectivity index is 1.73. The first-order valence-corrected chi connectivity index (χ1v) is 8.51. The van der Waals surface area contributed by atoms with Gasteiger partial charge in [-0.15, -0.1) is 5.10 Å². The monoisotopic (exact) mass is 324 g/mol. The third-order valence-electron chi connectivity index (χ3n) is 4.13. The zero-order valence-corrected chi connectivity index (χ0v) is 14.2. The van der Waals surface area contributed by atoms with Crippen LogP contribution in [0.3, 0.4) is 0 Å². The maximum Gasteiger partial charge on any atom is 0.241 e. The highest BCUT2D eigenvalue weighted by molar-refractivity contribution is 5.75. The fraction of sp³-hybridized carbons (Fsp3) is 0.867. The summed E-state index contributed by atoms with van der Waals surface area (Å²) in [4.78, 5) is 14.3. The predicted molar refractivity (Wildman–Crippen MR) is 85.6 cm³/mol. The van der Waals surface area contributed by atoms with E-state index < -0.39 is 0 Å². The SMILES string of the molecule is CCOCCCNC(=O)Cn1nnnc1CN1CCC(C)CC1. The average Bonchev–Trinajstić information content (AvgIpc) is 2.96. The molecule has 1 aliphatic heterocycles. The van der Waals surface area contributed by atoms with Crippen molar-refractivity contribution < 1.29 is 9.53 Å². The van der Waals surface area contributed by atoms with Gasteiger partial charge in [0.1, 0.15) is 6.54 Å². The molecular weight excluding hydrogens is 296 g/mol. The zero-order chi connectivity index (χ0) is 16.5. The summed E-state index contributed by atoms with van der Waals surface area (Å²) >= 11 is 0. The quantitative estimate of drug-likeness (QED) is 0.664. The predicted octanol–water partition coefficient (Wildman–Crippen LogP) is 0.448. The molecule has 8 heteroatoms. The van der Waals surface area contributed by atoms with E-state index in [1.54, 1.807) is 4.68 Å². The van der Waals surface area contributed by atoms with Gasteiger partial charge in [0.2, 0.25) is 5.91 Å². The third kappa shape index (κ3) is 6.23. The number of carbonyl (C=O) groups is 1. The van der Waals surface area contributed by atoms with E-state index >= 15 is 0 Å². The van der Waals surface area contributed by atoms with Gasteiger partial charge in [-0.1, -0.05) is 6.92 Å². The lowest BCUT2D eigenvalue weighted by Crippen LogP contribution is -2.34. The molecule has 0 spiro atoms. The van der Waals surface area contributed by atoms with Gasteiger partial charge >= 0.3 is 0 Å². The van der Waals surface area contributed by atoms with Crippen LogP contribution in [0.4, 0.5) is 0 Å². The second-order valence-electron chi connectivity index (χ2n) is 6.11. The van der Waals surface area contributed by atoms with Gasteiger partial charge in [0.15, 0.2) is 5.82 Å². The lowest BCUT2D eigenvalue weighted by Gasteiger charge is -2.29. The topological polar surface area (TPSA) is 85.2 Å². The normalized spacial score (nSPS) is 16.6. The molecule has 130 valence electrons. The van der Waals surface area contributed by atoms with Gasteiger partial charge in [-0.2, -0.15) is 0 Å². The minimum absolute atomic E-state index is 0.0673. The minimum Gasteiger partial charge on any atom is -0.382 e. The number of aromatic nitrogens is 4. The molecule has 23 heavy (non-hydrogen) atoms. The second kappa shape index (κ2) is 9.57. The Morgan fingerprint density at radius 2 is 2.17 bits per heavy atom. The van der Waals surface area contributed by atoms with E-state index in [1.807, 2.05) is 6.92 Å². The number of ether oxygens (including phenoxy) is 1. The van der Waals surface area contributed by atoms with Crippen LogP contribution in [0.2, 0.25) is 0 Å². The van der Waals surface area contributed by atoms with Crippen LogP contribution >= 0.6 is 0 Å². The van der Waals surface area contributed by atoms with Crippen LogP contribution in [0.1, 0.15) is 38.9 Å². The molecule has 0 saturated carbocycles. The van der Waals surface area contributed by atoms with Crippen LogP contribution < -0.4 is 5.32 Å². The average molecular weight is 324 g/mol. The van der Waals surface area contributed by atoms with Crippen molar-refractivity contribution in [3.8, 4) is 0 Å². The van der Waals surface area contributed by atoms with Crippen LogP contribution in [0.25, 0.3) is 0 Å². The molecule has 1 saturated heterocycles. The molecule has 1 aromatic heterocycles. The summed E-state index contributed by atoms with van der Waals surface area (Å²) < 4.78 is 6.83. The van der Waals surface area contributed by atoms with Crippen molar-refractivity contribution in [2.75, 3.05) is 32.8 Å². The van der Waals surface area contributed by atoms with Crippen LogP contribution in [0, 0.1) is 5.92 Å². The molecule has 0 aliphatic carbocycles. The maximum absolute atomic E-state index is 11.9. The fourth-order valence-electron chi connectivity index (χ4n) is 2.62. The molecule has 0 aromatic carbocycles. The van der Waals surface area contributed by atoms with Gasteiger partial charge in [0.05, 0.1) is 6.54 Å². The number of hydrogen-bond acceptors (Lipinski definition) is 6. The summed E-state index contributed by atoms with van der Waals surface area (Å²) in [6.07, 6.45) is 3.23. The van der Waals surface area contributed by atoms with E-state index in [-0.39, 0.29) is 12.5 Å². The largest absolute Gasteiger partial charge is 0.382 e. The molecule has 0 radical (unpaired) electrons. The summed E-state index contributed by atoms with van der Waals surface area (Å²) in [5.41, 5.74) is 0. The van der Waals surface area contributed by atoms with Crippen LogP contribution in [0.5, 0.6) is 0 Å². The molecule has 0 bridgehead atoms. The number of likely N-dealkylation sites (tertiary alicyclic amines) is 1. The van der Waals surface area contributed by atoms with Gasteiger partial charge in [-0.05, 0) is 55.6 Å². The molecule has 0 atom stereocenters. The van der Waals surface area contributed by atoms with E-state index in [2.05, 4.69) is 32.7 Å². The number of nitrogens with one attached hydrogen (secondary N) is 1. The molecule has 0 unspecified atom stereocenters. The molecule has 2 rings (SSSR count). The number of tetrazole rings is 1. The zero-order valence-electron chi connectivity index (χ0n) is 14.2. The molecule has 1 fully saturated rings. The molecule has 1 aliphatic rings. The first-order chi connectivity index (χ1) is 11.2. The van der Waals surface area contributed by atoms with Gasteiger partial charge in [-0.25, -0.2) is 4.68 Å². The first kappa shape index (κ1) is 17.8. The fourth-order valence-corrected chi connectivity index (χ4v) is 2.62. The summed E-state index contributed by atoms with van der Waals surface area (Å²) in [5, 5.41) is 14.6. The summed E-state index contributed by atoms with van der Waals surface area (Å²) in [5.74, 6) is 1.48. The van der Waals surface area contributed by atoms with Gasteiger partial charge in [-0.3, -0.25) is 9.69 Å². The van der Waals surface area contributed by atoms with Crippen molar-refractivity contribution in [1.82, 2.24) is 30.4 Å². The first-order valence-electron chi connectivity index (χ1n) is 8.51. The maximum atomic E-state index is 11.9. The number of rotatable bonds is 9. The summed E-state index contributed by atoms with van der Waals surface area (Å²) in [6.45, 7) is 9.24. The highest BCUT2D eigenvalue weighted by Crippen LogP contribution is 2.17. The Labute approximate surface area is 137 Å². The Morgan fingerprint density at radius 1 is 1.39 bits per heavy atom. The summed E-state index contributed by atoms with van der Waals surface area (Å²) in [6, 6.07) is 0. The van der Waals surface area contributed by atoms with Crippen molar-refractivity contribution in [2.24, 2.45) is 5.92 Å². The van der Waals surface area contributed by atoms with Gasteiger partial charge in [0, 0.05) is 19.8 Å². The molecule has 1 N–H and O–H groups in total. The molecule has 2 heterocycles. The lowest BCUT2D eigenvalue weighted by atomic mass is 9.99.